The van der Waals surface area contributed by atoms with Gasteiger partial charge in [-0.3, -0.25) is 14.8 Å². The van der Waals surface area contributed by atoms with Crippen LogP contribution in [-0.2, 0) is 26.2 Å². The number of amides is 2. The SMILES string of the molecule is CCC(=O)N1CC(C(=O)NO)N(S(=O)(=O)c2ccc(OC)cc2)Cc2ccccc21. The first kappa shape index (κ1) is 21.8. The molecule has 0 bridgehead atoms. The Labute approximate surface area is 174 Å². The highest BCUT2D eigenvalue weighted by Crippen LogP contribution is 2.32. The molecular formula is C20H23N3O6S. The van der Waals surface area contributed by atoms with Crippen molar-refractivity contribution in [1.29, 1.82) is 0 Å². The van der Waals surface area contributed by atoms with E-state index in [0.29, 0.717) is 17.0 Å². The van der Waals surface area contributed by atoms with E-state index in [1.807, 2.05) is 0 Å². The molecular weight excluding hydrogens is 410 g/mol. The fraction of sp³-hybridized carbons (Fsp3) is 0.300. The third-order valence-corrected chi connectivity index (χ3v) is 6.86. The lowest BCUT2D eigenvalue weighted by molar-refractivity contribution is -0.133. The first-order valence-electron chi connectivity index (χ1n) is 9.31. The number of nitrogens with zero attached hydrogens (tertiary/aromatic N) is 2. The van der Waals surface area contributed by atoms with E-state index in [9.17, 15) is 23.2 Å². The van der Waals surface area contributed by atoms with Crippen LogP contribution in [0.5, 0.6) is 5.75 Å². The van der Waals surface area contributed by atoms with Gasteiger partial charge in [-0.15, -0.1) is 0 Å². The van der Waals surface area contributed by atoms with E-state index in [-0.39, 0.29) is 30.3 Å². The Morgan fingerprint density at radius 2 is 1.83 bits per heavy atom. The number of benzene rings is 2. The molecule has 0 radical (unpaired) electrons. The quantitative estimate of drug-likeness (QED) is 0.546. The topological polar surface area (TPSA) is 116 Å². The molecule has 30 heavy (non-hydrogen) atoms. The van der Waals surface area contributed by atoms with Gasteiger partial charge in [-0.05, 0) is 35.9 Å². The molecule has 2 aromatic rings. The number of para-hydroxylation sites is 1. The first-order chi connectivity index (χ1) is 14.3. The predicted octanol–water partition coefficient (Wildman–Crippen LogP) is 1.52. The van der Waals surface area contributed by atoms with Gasteiger partial charge >= 0.3 is 0 Å². The Morgan fingerprint density at radius 1 is 1.17 bits per heavy atom. The summed E-state index contributed by atoms with van der Waals surface area (Å²) in [5.41, 5.74) is 2.64. The minimum absolute atomic E-state index is 0.0354. The number of hydrogen-bond acceptors (Lipinski definition) is 6. The van der Waals surface area contributed by atoms with E-state index in [1.54, 1.807) is 31.2 Å². The average molecular weight is 433 g/mol. The lowest BCUT2D eigenvalue weighted by Gasteiger charge is -2.29. The zero-order valence-electron chi connectivity index (χ0n) is 16.6. The van der Waals surface area contributed by atoms with Crippen LogP contribution in [0, 0.1) is 0 Å². The third kappa shape index (κ3) is 4.02. The number of methoxy groups -OCH3 is 1. The van der Waals surface area contributed by atoms with E-state index >= 15 is 0 Å². The van der Waals surface area contributed by atoms with E-state index in [2.05, 4.69) is 0 Å². The van der Waals surface area contributed by atoms with Crippen molar-refractivity contribution < 1.29 is 28.0 Å². The molecule has 0 fully saturated rings. The van der Waals surface area contributed by atoms with Crippen molar-refractivity contribution in [2.75, 3.05) is 18.6 Å². The molecule has 2 aromatic carbocycles. The van der Waals surface area contributed by atoms with Crippen LogP contribution in [0.2, 0.25) is 0 Å². The number of ether oxygens (including phenoxy) is 1. The third-order valence-electron chi connectivity index (χ3n) is 4.99. The summed E-state index contributed by atoms with van der Waals surface area (Å²) in [6, 6.07) is 11.3. The first-order valence-corrected chi connectivity index (χ1v) is 10.8. The molecule has 160 valence electrons. The number of anilines is 1. The molecule has 0 aliphatic carbocycles. The molecule has 2 amide bonds. The van der Waals surface area contributed by atoms with Gasteiger partial charge in [-0.2, -0.15) is 4.31 Å². The van der Waals surface area contributed by atoms with Gasteiger partial charge < -0.3 is 9.64 Å². The van der Waals surface area contributed by atoms with Crippen LogP contribution in [0.25, 0.3) is 0 Å². The molecule has 0 aromatic heterocycles. The summed E-state index contributed by atoms with van der Waals surface area (Å²) in [6.07, 6.45) is 0.174. The van der Waals surface area contributed by atoms with Crippen molar-refractivity contribution >= 4 is 27.5 Å². The molecule has 1 heterocycles. The number of sulfonamides is 1. The summed E-state index contributed by atoms with van der Waals surface area (Å²) in [5.74, 6) is -0.699. The minimum atomic E-state index is -4.15. The molecule has 1 aliphatic rings. The Kier molecular flexibility index (Phi) is 6.40. The lowest BCUT2D eigenvalue weighted by atomic mass is 10.1. The van der Waals surface area contributed by atoms with Crippen LogP contribution in [0.3, 0.4) is 0 Å². The predicted molar refractivity (Wildman–Crippen MR) is 109 cm³/mol. The maximum absolute atomic E-state index is 13.4. The Morgan fingerprint density at radius 3 is 2.43 bits per heavy atom. The molecule has 2 N–H and O–H groups in total. The summed E-state index contributed by atoms with van der Waals surface area (Å²) in [5, 5.41) is 9.26. The van der Waals surface area contributed by atoms with Crippen molar-refractivity contribution in [3.8, 4) is 5.75 Å². The smallest absolute Gasteiger partial charge is 0.263 e. The molecule has 9 nitrogen and oxygen atoms in total. The van der Waals surface area contributed by atoms with Crippen LogP contribution >= 0.6 is 0 Å². The largest absolute Gasteiger partial charge is 0.497 e. The number of hydroxylamine groups is 1. The molecule has 0 spiro atoms. The van der Waals surface area contributed by atoms with Crippen molar-refractivity contribution in [3.63, 3.8) is 0 Å². The van der Waals surface area contributed by atoms with Crippen LogP contribution in [-0.4, -0.2) is 49.4 Å². The number of hydrogen-bond donors (Lipinski definition) is 2. The second-order valence-corrected chi connectivity index (χ2v) is 8.59. The molecule has 1 aliphatic heterocycles. The zero-order chi connectivity index (χ0) is 21.9. The zero-order valence-corrected chi connectivity index (χ0v) is 17.4. The Bertz CT molecular complexity index is 1040. The van der Waals surface area contributed by atoms with Gasteiger partial charge in [0, 0.05) is 18.7 Å². The fourth-order valence-corrected chi connectivity index (χ4v) is 4.96. The maximum atomic E-state index is 13.4. The van der Waals surface area contributed by atoms with Crippen LogP contribution in [0.4, 0.5) is 5.69 Å². The number of nitrogens with one attached hydrogen (secondary N) is 1. The van der Waals surface area contributed by atoms with Crippen molar-refractivity contribution in [2.45, 2.75) is 30.8 Å². The van der Waals surface area contributed by atoms with Crippen LogP contribution < -0.4 is 15.1 Å². The molecule has 10 heteroatoms. The number of fused-ring (bicyclic) bond motifs is 1. The summed E-state index contributed by atoms with van der Waals surface area (Å²) in [7, 11) is -2.68. The van der Waals surface area contributed by atoms with E-state index in [1.165, 1.54) is 41.8 Å². The maximum Gasteiger partial charge on any atom is 0.263 e. The Hall–Kier alpha value is -2.95. The van der Waals surface area contributed by atoms with Crippen molar-refractivity contribution in [1.82, 2.24) is 9.79 Å². The lowest BCUT2D eigenvalue weighted by Crippen LogP contribution is -2.53. The summed E-state index contributed by atoms with van der Waals surface area (Å²) in [6.45, 7) is 1.31. The van der Waals surface area contributed by atoms with Crippen molar-refractivity contribution in [2.24, 2.45) is 0 Å². The minimum Gasteiger partial charge on any atom is -0.497 e. The molecule has 0 saturated carbocycles. The average Bonchev–Trinajstić information content (AvgIpc) is 2.96. The van der Waals surface area contributed by atoms with Gasteiger partial charge in [0.1, 0.15) is 11.8 Å². The van der Waals surface area contributed by atoms with E-state index in [4.69, 9.17) is 4.74 Å². The molecule has 3 rings (SSSR count). The summed E-state index contributed by atoms with van der Waals surface area (Å²) >= 11 is 0. The van der Waals surface area contributed by atoms with E-state index < -0.39 is 22.0 Å². The second-order valence-electron chi connectivity index (χ2n) is 6.70. The number of carbonyl (C=O) groups excluding carboxylic acids is 2. The highest BCUT2D eigenvalue weighted by molar-refractivity contribution is 7.89. The second kappa shape index (κ2) is 8.82. The Balaban J connectivity index is 2.13. The van der Waals surface area contributed by atoms with E-state index in [0.717, 1.165) is 4.31 Å². The number of rotatable bonds is 5. The molecule has 1 atom stereocenters. The van der Waals surface area contributed by atoms with Gasteiger partial charge in [0.15, 0.2) is 0 Å². The van der Waals surface area contributed by atoms with Gasteiger partial charge in [0.2, 0.25) is 15.9 Å². The van der Waals surface area contributed by atoms with Gasteiger partial charge in [-0.1, -0.05) is 25.1 Å². The van der Waals surface area contributed by atoms with Gasteiger partial charge in [0.25, 0.3) is 5.91 Å². The van der Waals surface area contributed by atoms with Crippen LogP contribution in [0.15, 0.2) is 53.4 Å². The van der Waals surface area contributed by atoms with Crippen molar-refractivity contribution in [3.05, 3.63) is 54.1 Å². The monoisotopic (exact) mass is 433 g/mol. The highest BCUT2D eigenvalue weighted by atomic mass is 32.2. The molecule has 0 saturated heterocycles. The van der Waals surface area contributed by atoms with Gasteiger partial charge in [-0.25, -0.2) is 13.9 Å². The number of carbonyl (C=O) groups is 2. The van der Waals surface area contributed by atoms with Gasteiger partial charge in [0.05, 0.1) is 18.6 Å². The van der Waals surface area contributed by atoms with Crippen LogP contribution in [0.1, 0.15) is 18.9 Å². The molecule has 1 unspecified atom stereocenters. The normalized spacial score (nSPS) is 17.0. The fourth-order valence-electron chi connectivity index (χ4n) is 3.40. The highest BCUT2D eigenvalue weighted by Gasteiger charge is 2.41. The summed E-state index contributed by atoms with van der Waals surface area (Å²) < 4.78 is 33.0. The summed E-state index contributed by atoms with van der Waals surface area (Å²) in [4.78, 5) is 26.4. The standard InChI is InChI=1S/C20H23N3O6S/c1-3-19(24)22-13-18(20(25)21-26)23(12-14-6-4-5-7-17(14)22)30(27,28)16-10-8-15(29-2)9-11-16/h4-11,18,26H,3,12-13H2,1-2H3,(H,21,25).